The Morgan fingerprint density at radius 1 is 1.21 bits per heavy atom. The molecule has 0 aromatic heterocycles. The summed E-state index contributed by atoms with van der Waals surface area (Å²) in [4.78, 5) is 2.71. The minimum absolute atomic E-state index is 0.776. The topological polar surface area (TPSA) is 3.24 Å². The van der Waals surface area contributed by atoms with Crippen LogP contribution < -0.4 is 0 Å². The quantitative estimate of drug-likeness (QED) is 0.654. The molecule has 1 saturated heterocycles. The van der Waals surface area contributed by atoms with Gasteiger partial charge in [0.15, 0.2) is 0 Å². The Kier molecular flexibility index (Phi) is 4.43. The average Bonchev–Trinajstić information content (AvgIpc) is 2.78. The van der Waals surface area contributed by atoms with Crippen LogP contribution in [-0.4, -0.2) is 23.5 Å². The van der Waals surface area contributed by atoms with Gasteiger partial charge in [-0.25, -0.2) is 0 Å². The van der Waals surface area contributed by atoms with Gasteiger partial charge >= 0.3 is 0 Å². The zero-order valence-electron chi connectivity index (χ0n) is 10.6. The van der Waals surface area contributed by atoms with Gasteiger partial charge in [0.1, 0.15) is 0 Å². The van der Waals surface area contributed by atoms with Gasteiger partial charge in [0.05, 0.1) is 0 Å². The minimum atomic E-state index is 0.776. The highest BCUT2D eigenvalue weighted by molar-refractivity contribution is 4.97. The predicted octanol–water partition coefficient (Wildman–Crippen LogP) is 3.54. The van der Waals surface area contributed by atoms with E-state index in [-0.39, 0.29) is 0 Å². The van der Waals surface area contributed by atoms with E-state index in [4.69, 9.17) is 0 Å². The van der Waals surface area contributed by atoms with E-state index in [1.54, 1.807) is 0 Å². The van der Waals surface area contributed by atoms with Crippen LogP contribution in [0.4, 0.5) is 0 Å². The minimum Gasteiger partial charge on any atom is -0.298 e. The molecule has 1 heterocycles. The number of nitrogens with zero attached hydrogens (tertiary/aromatic N) is 1. The lowest BCUT2D eigenvalue weighted by molar-refractivity contribution is 0.138. The molecule has 0 aromatic rings. The van der Waals surface area contributed by atoms with E-state index in [1.807, 2.05) is 13.8 Å². The normalized spacial score (nSPS) is 36.0. The molecular weight excluding hydrogens is 170 g/mol. The van der Waals surface area contributed by atoms with Crippen LogP contribution in [0.15, 0.2) is 0 Å². The molecule has 0 aromatic carbocycles. The molecular formula is C13H27N. The van der Waals surface area contributed by atoms with Crippen molar-refractivity contribution >= 4 is 0 Å². The maximum Gasteiger partial charge on any atom is 0.0104 e. The summed E-state index contributed by atoms with van der Waals surface area (Å²) in [6.45, 7) is 12.4. The third-order valence-corrected chi connectivity index (χ3v) is 3.92. The summed E-state index contributed by atoms with van der Waals surface area (Å²) < 4.78 is 0. The van der Waals surface area contributed by atoms with E-state index in [1.165, 1.54) is 25.8 Å². The van der Waals surface area contributed by atoms with E-state index in [9.17, 15) is 0 Å². The van der Waals surface area contributed by atoms with Crippen molar-refractivity contribution in [2.24, 2.45) is 11.8 Å². The van der Waals surface area contributed by atoms with Crippen molar-refractivity contribution in [1.29, 1.82) is 0 Å². The molecule has 0 amide bonds. The Bertz CT molecular complexity index is 165. The highest BCUT2D eigenvalue weighted by Crippen LogP contribution is 2.44. The molecule has 3 atom stereocenters. The first-order chi connectivity index (χ1) is 6.72. The molecule has 0 N–H and O–H groups in total. The highest BCUT2D eigenvalue weighted by atomic mass is 15.2. The van der Waals surface area contributed by atoms with Gasteiger partial charge in [-0.1, -0.05) is 27.2 Å². The summed E-state index contributed by atoms with van der Waals surface area (Å²) in [5, 5.41) is 0. The predicted molar refractivity (Wildman–Crippen MR) is 63.5 cm³/mol. The van der Waals surface area contributed by atoms with Crippen molar-refractivity contribution in [3.8, 4) is 0 Å². The Balaban J connectivity index is 0.000000461. The second-order valence-electron chi connectivity index (χ2n) is 4.84. The van der Waals surface area contributed by atoms with Crippen molar-refractivity contribution < 1.29 is 0 Å². The van der Waals surface area contributed by atoms with Crippen molar-refractivity contribution in [3.05, 3.63) is 0 Å². The summed E-state index contributed by atoms with van der Waals surface area (Å²) in [5.74, 6) is 2.10. The Morgan fingerprint density at radius 2 is 1.86 bits per heavy atom. The first kappa shape index (κ1) is 12.0. The zero-order valence-corrected chi connectivity index (χ0v) is 10.6. The number of piperidine rings is 1. The lowest BCUT2D eigenvalue weighted by atomic mass is 9.92. The van der Waals surface area contributed by atoms with Gasteiger partial charge in [0.2, 0.25) is 0 Å². The van der Waals surface area contributed by atoms with Crippen molar-refractivity contribution in [2.45, 2.75) is 66.0 Å². The second kappa shape index (κ2) is 5.16. The standard InChI is InChI=1S/C11H21N.C2H6/c1-4-9-5-11-6-10(9)7-12(11)8(2)3;1-2/h8-11H,4-7H2,1-3H3;1-2H3. The summed E-state index contributed by atoms with van der Waals surface area (Å²) in [7, 11) is 0. The number of fused-ring (bicyclic) bond motifs is 2. The molecule has 84 valence electrons. The van der Waals surface area contributed by atoms with Gasteiger partial charge in [-0.3, -0.25) is 4.90 Å². The van der Waals surface area contributed by atoms with Crippen LogP contribution in [0, 0.1) is 11.8 Å². The van der Waals surface area contributed by atoms with Gasteiger partial charge < -0.3 is 0 Å². The largest absolute Gasteiger partial charge is 0.298 e. The molecule has 2 rings (SSSR count). The smallest absolute Gasteiger partial charge is 0.0104 e. The highest BCUT2D eigenvalue weighted by Gasteiger charge is 2.44. The van der Waals surface area contributed by atoms with E-state index in [2.05, 4.69) is 25.7 Å². The van der Waals surface area contributed by atoms with Crippen molar-refractivity contribution in [3.63, 3.8) is 0 Å². The SMILES string of the molecule is CC.CCC1CC2CC1CN2C(C)C. The van der Waals surface area contributed by atoms with Gasteiger partial charge in [0.25, 0.3) is 0 Å². The third kappa shape index (κ3) is 2.13. The summed E-state index contributed by atoms with van der Waals surface area (Å²) in [5.41, 5.74) is 0. The number of rotatable bonds is 2. The Morgan fingerprint density at radius 3 is 2.21 bits per heavy atom. The average molecular weight is 197 g/mol. The van der Waals surface area contributed by atoms with Crippen LogP contribution in [-0.2, 0) is 0 Å². The monoisotopic (exact) mass is 197 g/mol. The molecule has 3 unspecified atom stereocenters. The Hall–Kier alpha value is -0.0400. The maximum absolute atomic E-state index is 2.71. The van der Waals surface area contributed by atoms with Gasteiger partial charge in [-0.15, -0.1) is 0 Å². The molecule has 2 bridgehead atoms. The van der Waals surface area contributed by atoms with Crippen LogP contribution in [0.25, 0.3) is 0 Å². The maximum atomic E-state index is 2.71. The van der Waals surface area contributed by atoms with E-state index in [0.29, 0.717) is 0 Å². The zero-order chi connectivity index (χ0) is 10.7. The first-order valence-corrected chi connectivity index (χ1v) is 6.48. The molecule has 1 aliphatic heterocycles. The van der Waals surface area contributed by atoms with Crippen LogP contribution in [0.1, 0.15) is 53.9 Å². The molecule has 2 aliphatic rings. The molecule has 2 fully saturated rings. The number of likely N-dealkylation sites (tertiary alicyclic amines) is 1. The van der Waals surface area contributed by atoms with E-state index in [0.717, 1.165) is 23.9 Å². The number of hydrogen-bond donors (Lipinski definition) is 0. The fraction of sp³-hybridized carbons (Fsp3) is 1.00. The fourth-order valence-electron chi connectivity index (χ4n) is 3.23. The van der Waals surface area contributed by atoms with Crippen LogP contribution in [0.5, 0.6) is 0 Å². The van der Waals surface area contributed by atoms with Crippen LogP contribution >= 0.6 is 0 Å². The van der Waals surface area contributed by atoms with E-state index >= 15 is 0 Å². The molecule has 1 aliphatic carbocycles. The molecule has 1 saturated carbocycles. The summed E-state index contributed by atoms with van der Waals surface area (Å²) in [6, 6.07) is 1.72. The third-order valence-electron chi connectivity index (χ3n) is 3.92. The first-order valence-electron chi connectivity index (χ1n) is 6.48. The van der Waals surface area contributed by atoms with E-state index < -0.39 is 0 Å². The van der Waals surface area contributed by atoms with Gasteiger partial charge in [-0.05, 0) is 38.5 Å². The molecule has 1 heteroatoms. The summed E-state index contributed by atoms with van der Waals surface area (Å²) >= 11 is 0. The lowest BCUT2D eigenvalue weighted by Gasteiger charge is -2.33. The fourth-order valence-corrected chi connectivity index (χ4v) is 3.23. The molecule has 1 nitrogen and oxygen atoms in total. The second-order valence-corrected chi connectivity index (χ2v) is 4.84. The lowest BCUT2D eigenvalue weighted by Crippen LogP contribution is -2.39. The summed E-state index contributed by atoms with van der Waals surface area (Å²) in [6.07, 6.45) is 4.39. The van der Waals surface area contributed by atoms with Crippen molar-refractivity contribution in [2.75, 3.05) is 6.54 Å². The Labute approximate surface area is 89.9 Å². The van der Waals surface area contributed by atoms with Gasteiger partial charge in [-0.2, -0.15) is 0 Å². The molecule has 0 spiro atoms. The van der Waals surface area contributed by atoms with Crippen molar-refractivity contribution in [1.82, 2.24) is 4.90 Å². The number of hydrogen-bond acceptors (Lipinski definition) is 1. The van der Waals surface area contributed by atoms with Crippen LogP contribution in [0.3, 0.4) is 0 Å². The van der Waals surface area contributed by atoms with Crippen LogP contribution in [0.2, 0.25) is 0 Å². The van der Waals surface area contributed by atoms with Gasteiger partial charge in [0, 0.05) is 18.6 Å². The molecule has 14 heavy (non-hydrogen) atoms. The molecule has 0 radical (unpaired) electrons.